The van der Waals surface area contributed by atoms with Crippen molar-refractivity contribution in [2.75, 3.05) is 10.6 Å². The van der Waals surface area contributed by atoms with Gasteiger partial charge < -0.3 is 10.6 Å². The van der Waals surface area contributed by atoms with E-state index in [1.165, 1.54) is 32.1 Å². The maximum Gasteiger partial charge on any atom is 0.224 e. The maximum atomic E-state index is 6.02. The van der Waals surface area contributed by atoms with Crippen LogP contribution in [0.2, 0.25) is 10.0 Å². The SMILES string of the molecule is Clc1ccc(Nc2ccnc(NC3CCCCC3)n2)cc1Cl. The molecule has 116 valence electrons. The molecule has 1 heterocycles. The Balaban J connectivity index is 1.68. The van der Waals surface area contributed by atoms with Crippen LogP contribution in [-0.2, 0) is 0 Å². The predicted molar refractivity (Wildman–Crippen MR) is 92.3 cm³/mol. The van der Waals surface area contributed by atoms with Crippen molar-refractivity contribution >= 4 is 40.7 Å². The smallest absolute Gasteiger partial charge is 0.224 e. The molecule has 0 amide bonds. The molecule has 1 aliphatic carbocycles. The molecule has 0 spiro atoms. The molecule has 1 saturated carbocycles. The average Bonchev–Trinajstić information content (AvgIpc) is 2.52. The number of aromatic nitrogens is 2. The van der Waals surface area contributed by atoms with Gasteiger partial charge in [-0.2, -0.15) is 4.98 Å². The van der Waals surface area contributed by atoms with Gasteiger partial charge in [0.15, 0.2) is 0 Å². The zero-order valence-corrected chi connectivity index (χ0v) is 13.7. The second kappa shape index (κ2) is 7.16. The molecule has 1 aromatic carbocycles. The standard InChI is InChI=1S/C16H18Cl2N4/c17-13-7-6-12(10-14(13)18)20-15-8-9-19-16(22-15)21-11-4-2-1-3-5-11/h6-11H,1-5H2,(H2,19,20,21,22). The lowest BCUT2D eigenvalue weighted by Crippen LogP contribution is -2.23. The van der Waals surface area contributed by atoms with Crippen LogP contribution in [-0.4, -0.2) is 16.0 Å². The highest BCUT2D eigenvalue weighted by Crippen LogP contribution is 2.27. The van der Waals surface area contributed by atoms with E-state index in [9.17, 15) is 0 Å². The van der Waals surface area contributed by atoms with Crippen molar-refractivity contribution in [3.63, 3.8) is 0 Å². The van der Waals surface area contributed by atoms with Gasteiger partial charge in [-0.15, -0.1) is 0 Å². The molecular formula is C16H18Cl2N4. The van der Waals surface area contributed by atoms with Crippen LogP contribution in [0.3, 0.4) is 0 Å². The normalized spacial score (nSPS) is 15.5. The van der Waals surface area contributed by atoms with Crippen LogP contribution in [0.1, 0.15) is 32.1 Å². The lowest BCUT2D eigenvalue weighted by Gasteiger charge is -2.22. The third-order valence-electron chi connectivity index (χ3n) is 3.79. The topological polar surface area (TPSA) is 49.8 Å². The summed E-state index contributed by atoms with van der Waals surface area (Å²) < 4.78 is 0. The number of benzene rings is 1. The Bertz CT molecular complexity index is 642. The Labute approximate surface area is 140 Å². The van der Waals surface area contributed by atoms with E-state index in [1.54, 1.807) is 18.3 Å². The lowest BCUT2D eigenvalue weighted by atomic mass is 9.96. The van der Waals surface area contributed by atoms with Crippen molar-refractivity contribution in [1.29, 1.82) is 0 Å². The summed E-state index contributed by atoms with van der Waals surface area (Å²) in [6.07, 6.45) is 8.01. The minimum Gasteiger partial charge on any atom is -0.351 e. The van der Waals surface area contributed by atoms with E-state index >= 15 is 0 Å². The molecular weight excluding hydrogens is 319 g/mol. The number of hydrogen-bond donors (Lipinski definition) is 2. The predicted octanol–water partition coefficient (Wildman–Crippen LogP) is 5.27. The van der Waals surface area contributed by atoms with Gasteiger partial charge in [0.1, 0.15) is 5.82 Å². The maximum absolute atomic E-state index is 6.02. The summed E-state index contributed by atoms with van der Waals surface area (Å²) in [6, 6.07) is 7.71. The summed E-state index contributed by atoms with van der Waals surface area (Å²) in [4.78, 5) is 8.80. The Kier molecular flexibility index (Phi) is 5.01. The summed E-state index contributed by atoms with van der Waals surface area (Å²) >= 11 is 11.9. The van der Waals surface area contributed by atoms with Crippen molar-refractivity contribution in [2.45, 2.75) is 38.1 Å². The molecule has 3 rings (SSSR count). The molecule has 1 aliphatic rings. The van der Waals surface area contributed by atoms with Crippen LogP contribution in [0.4, 0.5) is 17.5 Å². The molecule has 1 aromatic heterocycles. The molecule has 2 N–H and O–H groups in total. The van der Waals surface area contributed by atoms with Gasteiger partial charge >= 0.3 is 0 Å². The van der Waals surface area contributed by atoms with Gasteiger partial charge in [0.25, 0.3) is 0 Å². The molecule has 0 saturated heterocycles. The van der Waals surface area contributed by atoms with Gasteiger partial charge in [0, 0.05) is 17.9 Å². The van der Waals surface area contributed by atoms with E-state index in [-0.39, 0.29) is 0 Å². The molecule has 0 atom stereocenters. The number of halogens is 2. The third kappa shape index (κ3) is 4.02. The van der Waals surface area contributed by atoms with Crippen LogP contribution >= 0.6 is 23.2 Å². The summed E-state index contributed by atoms with van der Waals surface area (Å²) in [5.74, 6) is 1.39. The molecule has 0 aliphatic heterocycles. The molecule has 1 fully saturated rings. The highest BCUT2D eigenvalue weighted by molar-refractivity contribution is 6.42. The number of rotatable bonds is 4. The molecule has 2 aromatic rings. The van der Waals surface area contributed by atoms with Gasteiger partial charge in [-0.3, -0.25) is 0 Å². The van der Waals surface area contributed by atoms with E-state index in [1.807, 2.05) is 12.1 Å². The fraction of sp³-hybridized carbons (Fsp3) is 0.375. The number of anilines is 3. The highest BCUT2D eigenvalue weighted by atomic mass is 35.5. The Hall–Kier alpha value is -1.52. The van der Waals surface area contributed by atoms with E-state index in [2.05, 4.69) is 20.6 Å². The highest BCUT2D eigenvalue weighted by Gasteiger charge is 2.14. The second-order valence-electron chi connectivity index (χ2n) is 5.50. The summed E-state index contributed by atoms with van der Waals surface area (Å²) in [6.45, 7) is 0. The summed E-state index contributed by atoms with van der Waals surface area (Å²) in [5.41, 5.74) is 0.844. The Morgan fingerprint density at radius 1 is 1.00 bits per heavy atom. The molecule has 22 heavy (non-hydrogen) atoms. The van der Waals surface area contributed by atoms with Gasteiger partial charge in [0.2, 0.25) is 5.95 Å². The minimum absolute atomic E-state index is 0.481. The molecule has 0 bridgehead atoms. The summed E-state index contributed by atoms with van der Waals surface area (Å²) in [7, 11) is 0. The molecule has 6 heteroatoms. The fourth-order valence-corrected chi connectivity index (χ4v) is 2.95. The quantitative estimate of drug-likeness (QED) is 0.798. The largest absolute Gasteiger partial charge is 0.351 e. The first-order chi connectivity index (χ1) is 10.7. The zero-order chi connectivity index (χ0) is 15.4. The molecule has 0 radical (unpaired) electrons. The van der Waals surface area contributed by atoms with Crippen LogP contribution in [0, 0.1) is 0 Å². The van der Waals surface area contributed by atoms with Crippen molar-refractivity contribution < 1.29 is 0 Å². The van der Waals surface area contributed by atoms with Crippen LogP contribution in [0.15, 0.2) is 30.5 Å². The number of nitrogens with one attached hydrogen (secondary N) is 2. The summed E-state index contributed by atoms with van der Waals surface area (Å²) in [5, 5.41) is 7.69. The van der Waals surface area contributed by atoms with Gasteiger partial charge in [0.05, 0.1) is 10.0 Å². The number of nitrogens with zero attached hydrogens (tertiary/aromatic N) is 2. The molecule has 4 nitrogen and oxygen atoms in total. The van der Waals surface area contributed by atoms with Crippen molar-refractivity contribution in [2.24, 2.45) is 0 Å². The average molecular weight is 337 g/mol. The minimum atomic E-state index is 0.481. The van der Waals surface area contributed by atoms with E-state index in [0.29, 0.717) is 22.0 Å². The fourth-order valence-electron chi connectivity index (χ4n) is 2.65. The van der Waals surface area contributed by atoms with Crippen LogP contribution in [0.5, 0.6) is 0 Å². The molecule has 0 unspecified atom stereocenters. The number of hydrogen-bond acceptors (Lipinski definition) is 4. The van der Waals surface area contributed by atoms with Crippen molar-refractivity contribution in [3.8, 4) is 0 Å². The zero-order valence-electron chi connectivity index (χ0n) is 12.1. The van der Waals surface area contributed by atoms with E-state index in [4.69, 9.17) is 23.2 Å². The first-order valence-electron chi connectivity index (χ1n) is 7.52. The van der Waals surface area contributed by atoms with Crippen molar-refractivity contribution in [3.05, 3.63) is 40.5 Å². The van der Waals surface area contributed by atoms with Crippen LogP contribution < -0.4 is 10.6 Å². The van der Waals surface area contributed by atoms with E-state index in [0.717, 1.165) is 11.5 Å². The van der Waals surface area contributed by atoms with Crippen LogP contribution in [0.25, 0.3) is 0 Å². The van der Waals surface area contributed by atoms with E-state index < -0.39 is 0 Å². The van der Waals surface area contributed by atoms with Crippen molar-refractivity contribution in [1.82, 2.24) is 9.97 Å². The second-order valence-corrected chi connectivity index (χ2v) is 6.31. The first-order valence-corrected chi connectivity index (χ1v) is 8.28. The van der Waals surface area contributed by atoms with Gasteiger partial charge in [-0.05, 0) is 37.1 Å². The third-order valence-corrected chi connectivity index (χ3v) is 4.53. The lowest BCUT2D eigenvalue weighted by molar-refractivity contribution is 0.461. The van der Waals surface area contributed by atoms with Gasteiger partial charge in [-0.1, -0.05) is 42.5 Å². The first kappa shape index (κ1) is 15.4. The monoisotopic (exact) mass is 336 g/mol. The van der Waals surface area contributed by atoms with Gasteiger partial charge in [-0.25, -0.2) is 4.98 Å². The Morgan fingerprint density at radius 2 is 1.82 bits per heavy atom. The Morgan fingerprint density at radius 3 is 2.59 bits per heavy atom.